The fourth-order valence-corrected chi connectivity index (χ4v) is 2.15. The highest BCUT2D eigenvalue weighted by molar-refractivity contribution is 7.86. The van der Waals surface area contributed by atoms with Gasteiger partial charge in [0.05, 0.1) is 5.69 Å². The Morgan fingerprint density at radius 1 is 1.00 bits per heavy atom. The predicted molar refractivity (Wildman–Crippen MR) is 74.6 cm³/mol. The molecule has 8 nitrogen and oxygen atoms in total. The summed E-state index contributed by atoms with van der Waals surface area (Å²) < 4.78 is 31.2. The lowest BCUT2D eigenvalue weighted by atomic mass is 10.2. The molecule has 0 aliphatic carbocycles. The Hall–Kier alpha value is -2.65. The van der Waals surface area contributed by atoms with Gasteiger partial charge in [0.25, 0.3) is 10.1 Å². The molecule has 0 bridgehead atoms. The van der Waals surface area contributed by atoms with E-state index in [1.807, 2.05) is 0 Å². The van der Waals surface area contributed by atoms with E-state index in [0.717, 1.165) is 6.07 Å². The second-order valence-corrected chi connectivity index (χ2v) is 5.47. The maximum atomic E-state index is 11.1. The summed E-state index contributed by atoms with van der Waals surface area (Å²) in [6, 6.07) is 7.81. The molecule has 2 aromatic carbocycles. The molecule has 0 fully saturated rings. The first kappa shape index (κ1) is 14.8. The third-order valence-corrected chi connectivity index (χ3v) is 3.34. The van der Waals surface area contributed by atoms with E-state index in [9.17, 15) is 13.5 Å². The minimum Gasteiger partial charge on any atom is -0.508 e. The number of nitrogen functional groups attached to an aromatic ring is 1. The Labute approximate surface area is 119 Å². The molecule has 21 heavy (non-hydrogen) atoms. The van der Waals surface area contributed by atoms with Crippen LogP contribution in [-0.4, -0.2) is 23.2 Å². The molecule has 5 N–H and O–H groups in total. The largest absolute Gasteiger partial charge is 0.508 e. The number of aromatic hydroxyl groups is 2. The molecule has 0 spiro atoms. The van der Waals surface area contributed by atoms with Gasteiger partial charge >= 0.3 is 0 Å². The highest BCUT2D eigenvalue weighted by Gasteiger charge is 2.19. The van der Waals surface area contributed by atoms with Crippen LogP contribution in [0.1, 0.15) is 0 Å². The SMILES string of the molecule is Nc1cc(N=Nc2ccc(O)cc2)c(O)c(S(=O)(=O)O)c1. The topological polar surface area (TPSA) is 146 Å². The fraction of sp³-hybridized carbons (Fsp3) is 0. The number of hydrogen-bond acceptors (Lipinski definition) is 7. The quantitative estimate of drug-likeness (QED) is 0.296. The molecule has 0 saturated heterocycles. The molecule has 9 heteroatoms. The van der Waals surface area contributed by atoms with Gasteiger partial charge in [-0.25, -0.2) is 0 Å². The monoisotopic (exact) mass is 309 g/mol. The summed E-state index contributed by atoms with van der Waals surface area (Å²) in [5.41, 5.74) is 5.63. The highest BCUT2D eigenvalue weighted by Crippen LogP contribution is 2.36. The van der Waals surface area contributed by atoms with Gasteiger partial charge in [-0.2, -0.15) is 13.5 Å². The summed E-state index contributed by atoms with van der Waals surface area (Å²) in [7, 11) is -4.63. The van der Waals surface area contributed by atoms with E-state index < -0.39 is 20.8 Å². The number of azo groups is 1. The van der Waals surface area contributed by atoms with E-state index in [4.69, 9.17) is 15.4 Å². The van der Waals surface area contributed by atoms with Gasteiger partial charge in [-0.1, -0.05) is 0 Å². The lowest BCUT2D eigenvalue weighted by Gasteiger charge is -2.05. The van der Waals surface area contributed by atoms with Crippen LogP contribution in [0.3, 0.4) is 0 Å². The molecule has 0 saturated carbocycles. The third-order valence-electron chi connectivity index (χ3n) is 2.48. The van der Waals surface area contributed by atoms with Crippen molar-refractivity contribution in [3.63, 3.8) is 0 Å². The molecule has 110 valence electrons. The second-order valence-electron chi connectivity index (χ2n) is 4.08. The van der Waals surface area contributed by atoms with Crippen molar-refractivity contribution in [3.8, 4) is 11.5 Å². The zero-order chi connectivity index (χ0) is 15.6. The van der Waals surface area contributed by atoms with E-state index in [-0.39, 0.29) is 17.1 Å². The lowest BCUT2D eigenvalue weighted by molar-refractivity contribution is 0.444. The first-order valence-electron chi connectivity index (χ1n) is 5.58. The summed E-state index contributed by atoms with van der Waals surface area (Å²) >= 11 is 0. The van der Waals surface area contributed by atoms with Crippen molar-refractivity contribution in [2.45, 2.75) is 4.90 Å². The normalized spacial score (nSPS) is 11.9. The Morgan fingerprint density at radius 2 is 1.62 bits per heavy atom. The van der Waals surface area contributed by atoms with Gasteiger partial charge in [0.15, 0.2) is 5.75 Å². The second kappa shape index (κ2) is 5.38. The van der Waals surface area contributed by atoms with Crippen molar-refractivity contribution in [3.05, 3.63) is 36.4 Å². The van der Waals surface area contributed by atoms with Crippen LogP contribution in [0, 0.1) is 0 Å². The molecule has 0 aromatic heterocycles. The van der Waals surface area contributed by atoms with Crippen LogP contribution in [0.2, 0.25) is 0 Å². The molecule has 0 atom stereocenters. The average Bonchev–Trinajstić information content (AvgIpc) is 2.40. The smallest absolute Gasteiger partial charge is 0.298 e. The van der Waals surface area contributed by atoms with Gasteiger partial charge in [-0.05, 0) is 36.4 Å². The Morgan fingerprint density at radius 3 is 2.19 bits per heavy atom. The Balaban J connectivity index is 2.45. The molecular formula is C12H11N3O5S. The molecule has 0 aliphatic rings. The summed E-state index contributed by atoms with van der Waals surface area (Å²) in [6.07, 6.45) is 0. The van der Waals surface area contributed by atoms with Crippen molar-refractivity contribution < 1.29 is 23.2 Å². The van der Waals surface area contributed by atoms with Gasteiger partial charge in [0.2, 0.25) is 0 Å². The summed E-state index contributed by atoms with van der Waals surface area (Å²) in [6.45, 7) is 0. The van der Waals surface area contributed by atoms with Gasteiger partial charge in [-0.3, -0.25) is 4.55 Å². The highest BCUT2D eigenvalue weighted by atomic mass is 32.2. The van der Waals surface area contributed by atoms with Crippen LogP contribution in [0.5, 0.6) is 11.5 Å². The number of anilines is 1. The summed E-state index contributed by atoms with van der Waals surface area (Å²) in [5.74, 6) is -0.705. The lowest BCUT2D eigenvalue weighted by Crippen LogP contribution is -2.00. The van der Waals surface area contributed by atoms with Gasteiger partial charge in [0.1, 0.15) is 16.3 Å². The van der Waals surface area contributed by atoms with E-state index in [0.29, 0.717) is 5.69 Å². The number of benzene rings is 2. The summed E-state index contributed by atoms with van der Waals surface area (Å²) in [5, 5.41) is 26.4. The fourth-order valence-electron chi connectivity index (χ4n) is 1.52. The van der Waals surface area contributed by atoms with Crippen molar-refractivity contribution in [1.82, 2.24) is 0 Å². The van der Waals surface area contributed by atoms with Crippen molar-refractivity contribution in [2.75, 3.05) is 5.73 Å². The van der Waals surface area contributed by atoms with Crippen LogP contribution in [0.15, 0.2) is 51.5 Å². The van der Waals surface area contributed by atoms with Crippen LogP contribution >= 0.6 is 0 Å². The molecule has 2 rings (SSSR count). The minimum atomic E-state index is -4.63. The number of rotatable bonds is 3. The number of nitrogens with two attached hydrogens (primary N) is 1. The average molecular weight is 309 g/mol. The first-order chi connectivity index (χ1) is 9.77. The van der Waals surface area contributed by atoms with E-state index >= 15 is 0 Å². The van der Waals surface area contributed by atoms with Crippen molar-refractivity contribution in [2.24, 2.45) is 10.2 Å². The maximum absolute atomic E-state index is 11.1. The maximum Gasteiger partial charge on any atom is 0.298 e. The minimum absolute atomic E-state index is 0.0138. The summed E-state index contributed by atoms with van der Waals surface area (Å²) in [4.78, 5) is -0.748. The molecule has 0 heterocycles. The van der Waals surface area contributed by atoms with E-state index in [1.165, 1.54) is 30.3 Å². The van der Waals surface area contributed by atoms with E-state index in [2.05, 4.69) is 10.2 Å². The first-order valence-corrected chi connectivity index (χ1v) is 7.02. The molecule has 0 unspecified atom stereocenters. The molecule has 0 amide bonds. The number of phenols is 2. The molecule has 2 aromatic rings. The van der Waals surface area contributed by atoms with Crippen LogP contribution < -0.4 is 5.73 Å². The van der Waals surface area contributed by atoms with Crippen LogP contribution in [0.25, 0.3) is 0 Å². The van der Waals surface area contributed by atoms with Crippen LogP contribution in [-0.2, 0) is 10.1 Å². The van der Waals surface area contributed by atoms with Crippen molar-refractivity contribution >= 4 is 27.2 Å². The van der Waals surface area contributed by atoms with E-state index in [1.54, 1.807) is 0 Å². The van der Waals surface area contributed by atoms with Crippen LogP contribution in [0.4, 0.5) is 17.1 Å². The third kappa shape index (κ3) is 3.46. The van der Waals surface area contributed by atoms with Gasteiger partial charge in [0, 0.05) is 5.69 Å². The Bertz CT molecular complexity index is 800. The molecule has 0 radical (unpaired) electrons. The van der Waals surface area contributed by atoms with Crippen molar-refractivity contribution in [1.29, 1.82) is 0 Å². The number of phenolic OH excluding ortho intramolecular Hbond substituents is 2. The number of hydrogen-bond donors (Lipinski definition) is 4. The van der Waals surface area contributed by atoms with Gasteiger partial charge < -0.3 is 15.9 Å². The standard InChI is InChI=1S/C12H11N3O5S/c13-7-5-10(12(17)11(6-7)21(18,19)20)15-14-8-1-3-9(16)4-2-8/h1-6,16-17H,13H2,(H,18,19,20). The molecular weight excluding hydrogens is 298 g/mol. The number of nitrogens with zero attached hydrogens (tertiary/aromatic N) is 2. The zero-order valence-electron chi connectivity index (χ0n) is 10.5. The molecule has 0 aliphatic heterocycles. The van der Waals surface area contributed by atoms with Gasteiger partial charge in [-0.15, -0.1) is 5.11 Å². The zero-order valence-corrected chi connectivity index (χ0v) is 11.3. The predicted octanol–water partition coefficient (Wildman–Crippen LogP) is 2.34. The Kier molecular flexibility index (Phi) is 3.78.